The smallest absolute Gasteiger partial charge is 0.414 e. The monoisotopic (exact) mass is 622 g/mol. The third kappa shape index (κ3) is 10.3. The Hall–Kier alpha value is -4.94. The molecule has 2 aromatic carbocycles. The molecular formula is C32H42N6O7. The van der Waals surface area contributed by atoms with Crippen molar-refractivity contribution in [2.45, 2.75) is 76.8 Å². The third-order valence-corrected chi connectivity index (χ3v) is 7.00. The van der Waals surface area contributed by atoms with Crippen molar-refractivity contribution >= 4 is 36.2 Å². The molecule has 0 aromatic heterocycles. The largest absolute Gasteiger partial charge is 0.444 e. The van der Waals surface area contributed by atoms with Gasteiger partial charge in [0.15, 0.2) is 5.96 Å². The number of nitrogens with one attached hydrogen (secondary N) is 3. The molecule has 3 atom stereocenters. The lowest BCUT2D eigenvalue weighted by Gasteiger charge is -2.45. The number of nitrogens with zero attached hydrogens (tertiary/aromatic N) is 2. The maximum atomic E-state index is 13.8. The molecule has 1 aliphatic heterocycles. The molecule has 1 saturated heterocycles. The van der Waals surface area contributed by atoms with Crippen molar-refractivity contribution in [3.63, 3.8) is 0 Å². The van der Waals surface area contributed by atoms with Crippen LogP contribution in [0.1, 0.15) is 58.1 Å². The summed E-state index contributed by atoms with van der Waals surface area (Å²) >= 11 is 0. The van der Waals surface area contributed by atoms with Gasteiger partial charge in [-0.05, 0) is 58.1 Å². The van der Waals surface area contributed by atoms with Gasteiger partial charge in [0, 0.05) is 13.1 Å². The van der Waals surface area contributed by atoms with Gasteiger partial charge >= 0.3 is 12.2 Å². The van der Waals surface area contributed by atoms with Crippen LogP contribution in [-0.2, 0) is 36.0 Å². The highest BCUT2D eigenvalue weighted by Gasteiger charge is 2.47. The third-order valence-electron chi connectivity index (χ3n) is 7.00. The summed E-state index contributed by atoms with van der Waals surface area (Å²) in [5, 5.41) is 7.72. The van der Waals surface area contributed by atoms with E-state index in [4.69, 9.17) is 15.2 Å². The average Bonchev–Trinajstić information content (AvgIpc) is 2.96. The molecule has 0 spiro atoms. The predicted molar refractivity (Wildman–Crippen MR) is 167 cm³/mol. The van der Waals surface area contributed by atoms with Crippen molar-refractivity contribution in [1.82, 2.24) is 20.9 Å². The first-order valence-electron chi connectivity index (χ1n) is 14.7. The number of carbonyl (C=O) groups is 5. The number of aliphatic imine (C=N–C) groups is 1. The summed E-state index contributed by atoms with van der Waals surface area (Å²) in [4.78, 5) is 68.8. The summed E-state index contributed by atoms with van der Waals surface area (Å²) in [5.74, 6) is -1.09. The van der Waals surface area contributed by atoms with Crippen LogP contribution in [0.15, 0.2) is 65.7 Å². The van der Waals surface area contributed by atoms with E-state index >= 15 is 0 Å². The Labute approximate surface area is 262 Å². The lowest BCUT2D eigenvalue weighted by molar-refractivity contribution is -0.153. The van der Waals surface area contributed by atoms with Crippen molar-refractivity contribution in [2.75, 3.05) is 13.1 Å². The normalized spacial score (nSPS) is 16.7. The Balaban J connectivity index is 1.52. The number of nitrogens with two attached hydrogens (primary N) is 1. The number of hydrogen-bond acceptors (Lipinski definition) is 8. The van der Waals surface area contributed by atoms with Gasteiger partial charge in [0.1, 0.15) is 30.1 Å². The molecule has 242 valence electrons. The summed E-state index contributed by atoms with van der Waals surface area (Å²) in [5.41, 5.74) is 4.80. The van der Waals surface area contributed by atoms with E-state index in [1.165, 1.54) is 4.90 Å². The highest BCUT2D eigenvalue weighted by Crippen LogP contribution is 2.29. The van der Waals surface area contributed by atoms with Gasteiger partial charge in [-0.2, -0.15) is 0 Å². The highest BCUT2D eigenvalue weighted by atomic mass is 16.6. The number of aldehydes is 1. The first kappa shape index (κ1) is 34.5. The zero-order chi connectivity index (χ0) is 33.0. The van der Waals surface area contributed by atoms with E-state index in [-0.39, 0.29) is 25.5 Å². The van der Waals surface area contributed by atoms with Crippen LogP contribution in [0.3, 0.4) is 0 Å². The molecule has 1 heterocycles. The zero-order valence-electron chi connectivity index (χ0n) is 26.1. The van der Waals surface area contributed by atoms with Crippen LogP contribution in [0.5, 0.6) is 0 Å². The molecule has 13 nitrogen and oxygen atoms in total. The minimum absolute atomic E-state index is 0.0798. The minimum atomic E-state index is -1.51. The number of carbonyl (C=O) groups excluding carboxylic acids is 5. The molecule has 2 aromatic rings. The molecule has 1 aliphatic rings. The number of likely N-dealkylation sites (tertiary alicyclic amines) is 1. The first-order valence-corrected chi connectivity index (χ1v) is 14.7. The number of ether oxygens (including phenoxy) is 2. The van der Waals surface area contributed by atoms with Crippen molar-refractivity contribution < 1.29 is 33.4 Å². The summed E-state index contributed by atoms with van der Waals surface area (Å²) in [6.45, 7) is 7.29. The van der Waals surface area contributed by atoms with Gasteiger partial charge < -0.3 is 35.5 Å². The Bertz CT molecular complexity index is 1360. The van der Waals surface area contributed by atoms with Crippen molar-refractivity contribution in [3.8, 4) is 0 Å². The standard InChI is InChI=1S/C32H42N6O7/c1-31(2,3)45-30(43)37-32(4,23-14-9-6-10-15-23)27(41)38-19-17-25(38)26(40)35-24(20-39)16-11-18-34-28(33)36-29(42)44-21-22-12-7-5-8-13-22/h5-10,12-15,20,24-25H,11,16-19,21H2,1-4H3,(H,35,40)(H,37,43)(H3,33,34,36,42)/t24-,25-,32+/m0/s1. The summed E-state index contributed by atoms with van der Waals surface area (Å²) in [7, 11) is 0. The molecule has 45 heavy (non-hydrogen) atoms. The minimum Gasteiger partial charge on any atom is -0.444 e. The first-order chi connectivity index (χ1) is 21.3. The van der Waals surface area contributed by atoms with E-state index in [0.717, 1.165) is 5.56 Å². The van der Waals surface area contributed by atoms with Crippen LogP contribution in [-0.4, -0.2) is 71.9 Å². The molecule has 1 fully saturated rings. The average molecular weight is 623 g/mol. The van der Waals surface area contributed by atoms with E-state index in [1.54, 1.807) is 58.0 Å². The molecule has 0 saturated carbocycles. The van der Waals surface area contributed by atoms with Crippen LogP contribution in [0.2, 0.25) is 0 Å². The number of alkyl carbamates (subject to hydrolysis) is 2. The van der Waals surface area contributed by atoms with Crippen LogP contribution in [0.25, 0.3) is 0 Å². The van der Waals surface area contributed by atoms with Crippen LogP contribution in [0.4, 0.5) is 9.59 Å². The van der Waals surface area contributed by atoms with E-state index in [2.05, 4.69) is 20.9 Å². The van der Waals surface area contributed by atoms with Gasteiger partial charge in [-0.3, -0.25) is 19.9 Å². The Morgan fingerprint density at radius 3 is 2.24 bits per heavy atom. The summed E-state index contributed by atoms with van der Waals surface area (Å²) in [6, 6.07) is 16.2. The van der Waals surface area contributed by atoms with E-state index in [9.17, 15) is 24.0 Å². The van der Waals surface area contributed by atoms with Crippen LogP contribution < -0.4 is 21.7 Å². The number of rotatable bonds is 12. The van der Waals surface area contributed by atoms with Gasteiger partial charge in [0.2, 0.25) is 5.91 Å². The van der Waals surface area contributed by atoms with Crippen LogP contribution >= 0.6 is 0 Å². The Morgan fingerprint density at radius 2 is 1.67 bits per heavy atom. The molecule has 0 bridgehead atoms. The summed E-state index contributed by atoms with van der Waals surface area (Å²) < 4.78 is 10.5. The topological polar surface area (TPSA) is 182 Å². The fraction of sp³-hybridized carbons (Fsp3) is 0.438. The lowest BCUT2D eigenvalue weighted by Crippen LogP contribution is -2.66. The Morgan fingerprint density at radius 1 is 1.02 bits per heavy atom. The molecular weight excluding hydrogens is 580 g/mol. The molecule has 3 rings (SSSR count). The highest BCUT2D eigenvalue weighted by molar-refractivity contribution is 5.96. The Kier molecular flexibility index (Phi) is 12.0. The molecule has 0 unspecified atom stereocenters. The van der Waals surface area contributed by atoms with Gasteiger partial charge in [0.25, 0.3) is 5.91 Å². The SMILES string of the molecule is CC(C)(C)OC(=O)N[C@@](C)(C(=O)N1CC[C@H]1C(=O)N[C@H](C=O)CCCN=C(N)NC(=O)OCc1ccccc1)c1ccccc1. The van der Waals surface area contributed by atoms with Gasteiger partial charge in [0.05, 0.1) is 6.04 Å². The lowest BCUT2D eigenvalue weighted by atomic mass is 9.87. The van der Waals surface area contributed by atoms with Gasteiger partial charge in [-0.15, -0.1) is 0 Å². The van der Waals surface area contributed by atoms with Crippen molar-refractivity contribution in [2.24, 2.45) is 10.7 Å². The molecule has 0 aliphatic carbocycles. The second-order valence-corrected chi connectivity index (χ2v) is 11.8. The molecule has 13 heteroatoms. The van der Waals surface area contributed by atoms with E-state index in [1.807, 2.05) is 30.3 Å². The number of guanidine groups is 1. The zero-order valence-corrected chi connectivity index (χ0v) is 26.1. The molecule has 0 radical (unpaired) electrons. The number of amides is 4. The number of hydrogen-bond donors (Lipinski definition) is 4. The second-order valence-electron chi connectivity index (χ2n) is 11.8. The van der Waals surface area contributed by atoms with E-state index < -0.39 is 47.2 Å². The van der Waals surface area contributed by atoms with Crippen molar-refractivity contribution in [3.05, 3.63) is 71.8 Å². The maximum absolute atomic E-state index is 13.8. The molecule has 5 N–H and O–H groups in total. The summed E-state index contributed by atoms with van der Waals surface area (Å²) in [6.07, 6.45) is 0.132. The quantitative estimate of drug-likeness (QED) is 0.121. The molecule has 4 amide bonds. The van der Waals surface area contributed by atoms with E-state index in [0.29, 0.717) is 31.2 Å². The second kappa shape index (κ2) is 15.7. The van der Waals surface area contributed by atoms with Crippen molar-refractivity contribution in [1.29, 1.82) is 0 Å². The maximum Gasteiger partial charge on any atom is 0.414 e. The fourth-order valence-corrected chi connectivity index (χ4v) is 4.59. The number of benzene rings is 2. The fourth-order valence-electron chi connectivity index (χ4n) is 4.59. The van der Waals surface area contributed by atoms with Crippen LogP contribution in [0, 0.1) is 0 Å². The van der Waals surface area contributed by atoms with Gasteiger partial charge in [-0.25, -0.2) is 9.59 Å². The predicted octanol–water partition coefficient (Wildman–Crippen LogP) is 2.73. The van der Waals surface area contributed by atoms with Gasteiger partial charge in [-0.1, -0.05) is 60.7 Å².